The molecule has 158 valence electrons. The van der Waals surface area contributed by atoms with E-state index in [4.69, 9.17) is 32.7 Å². The van der Waals surface area contributed by atoms with Crippen LogP contribution in [-0.2, 0) is 9.53 Å². The fraction of sp³-hybridized carbons (Fsp3) is 0.320. The predicted octanol–water partition coefficient (Wildman–Crippen LogP) is 7.62. The van der Waals surface area contributed by atoms with Crippen LogP contribution in [0.1, 0.15) is 39.4 Å². The summed E-state index contributed by atoms with van der Waals surface area (Å²) in [6, 6.07) is 17.2. The normalized spacial score (nSPS) is 19.9. The molecule has 0 amide bonds. The molecule has 0 N–H and O–H groups in total. The highest BCUT2D eigenvalue weighted by Gasteiger charge is 2.61. The van der Waals surface area contributed by atoms with E-state index in [9.17, 15) is 4.79 Å². The number of allylic oxidation sites excluding steroid dienone is 2. The van der Waals surface area contributed by atoms with Crippen LogP contribution in [0, 0.1) is 17.3 Å². The number of hydrogen-bond acceptors (Lipinski definition) is 3. The van der Waals surface area contributed by atoms with Gasteiger partial charge in [0.2, 0.25) is 0 Å². The first-order valence-corrected chi connectivity index (χ1v) is 10.7. The number of esters is 1. The Morgan fingerprint density at radius 2 is 1.70 bits per heavy atom. The van der Waals surface area contributed by atoms with Crippen LogP contribution >= 0.6 is 23.2 Å². The average molecular weight is 445 g/mol. The second kappa shape index (κ2) is 9.28. The summed E-state index contributed by atoms with van der Waals surface area (Å²) in [6.07, 6.45) is 3.16. The third kappa shape index (κ3) is 5.47. The van der Waals surface area contributed by atoms with Gasteiger partial charge >= 0.3 is 5.97 Å². The van der Waals surface area contributed by atoms with E-state index in [0.717, 1.165) is 16.9 Å². The number of para-hydroxylation sites is 1. The molecule has 0 bridgehead atoms. The first-order valence-electron chi connectivity index (χ1n) is 9.89. The predicted molar refractivity (Wildman–Crippen MR) is 122 cm³/mol. The van der Waals surface area contributed by atoms with Crippen LogP contribution in [0.3, 0.4) is 0 Å². The zero-order valence-electron chi connectivity index (χ0n) is 17.6. The Balaban J connectivity index is 1.80. The first-order chi connectivity index (χ1) is 14.2. The smallest absolute Gasteiger partial charge is 0.311 e. The second-order valence-corrected chi connectivity index (χ2v) is 9.38. The van der Waals surface area contributed by atoms with Gasteiger partial charge in [-0.3, -0.25) is 4.79 Å². The fourth-order valence-electron chi connectivity index (χ4n) is 3.65. The molecule has 0 saturated heterocycles. The molecular formula is C25H26Cl2O3. The zero-order valence-corrected chi connectivity index (χ0v) is 19.1. The summed E-state index contributed by atoms with van der Waals surface area (Å²) >= 11 is 11.6. The lowest BCUT2D eigenvalue weighted by Crippen LogP contribution is -2.14. The summed E-state index contributed by atoms with van der Waals surface area (Å²) in [5.74, 6) is 0.866. The summed E-state index contributed by atoms with van der Waals surface area (Å²) in [5, 5.41) is 0. The summed E-state index contributed by atoms with van der Waals surface area (Å²) < 4.78 is 12.0. The van der Waals surface area contributed by atoms with Crippen LogP contribution in [0.25, 0.3) is 0 Å². The van der Waals surface area contributed by atoms with Gasteiger partial charge in [-0.25, -0.2) is 0 Å². The molecule has 2 aromatic carbocycles. The maximum absolute atomic E-state index is 13.0. The Morgan fingerprint density at radius 3 is 2.33 bits per heavy atom. The van der Waals surface area contributed by atoms with Gasteiger partial charge in [-0.1, -0.05) is 73.0 Å². The second-order valence-electron chi connectivity index (χ2n) is 8.37. The number of carbonyl (C=O) groups excluding carboxylic acids is 1. The minimum absolute atomic E-state index is 0.0323. The van der Waals surface area contributed by atoms with Crippen molar-refractivity contribution in [3.63, 3.8) is 0 Å². The van der Waals surface area contributed by atoms with Gasteiger partial charge in [-0.15, -0.1) is 0 Å². The molecule has 2 aromatic rings. The third-order valence-electron chi connectivity index (χ3n) is 5.36. The van der Waals surface area contributed by atoms with Gasteiger partial charge in [-0.2, -0.15) is 0 Å². The van der Waals surface area contributed by atoms with Crippen molar-refractivity contribution in [2.45, 2.75) is 33.8 Å². The number of halogens is 2. The highest BCUT2D eigenvalue weighted by molar-refractivity contribution is 6.55. The van der Waals surface area contributed by atoms with E-state index >= 15 is 0 Å². The Hall–Kier alpha value is -2.23. The van der Waals surface area contributed by atoms with Crippen molar-refractivity contribution in [1.82, 2.24) is 0 Å². The maximum atomic E-state index is 13.0. The monoisotopic (exact) mass is 444 g/mol. The molecule has 0 radical (unpaired) electrons. The molecule has 30 heavy (non-hydrogen) atoms. The average Bonchev–Trinajstić information content (AvgIpc) is 3.21. The molecule has 0 heterocycles. The van der Waals surface area contributed by atoms with Crippen molar-refractivity contribution < 1.29 is 14.3 Å². The van der Waals surface area contributed by atoms with Crippen LogP contribution in [0.5, 0.6) is 11.5 Å². The molecule has 0 spiro atoms. The molecule has 3 atom stereocenters. The fourth-order valence-corrected chi connectivity index (χ4v) is 3.93. The van der Waals surface area contributed by atoms with Gasteiger partial charge in [0.05, 0.1) is 5.92 Å². The van der Waals surface area contributed by atoms with Gasteiger partial charge in [0, 0.05) is 5.56 Å². The van der Waals surface area contributed by atoms with E-state index in [0.29, 0.717) is 5.75 Å². The summed E-state index contributed by atoms with van der Waals surface area (Å²) in [4.78, 5) is 13.0. The number of hydrogen-bond donors (Lipinski definition) is 0. The molecule has 1 fully saturated rings. The first kappa shape index (κ1) is 22.5. The van der Waals surface area contributed by atoms with Crippen LogP contribution in [0.15, 0.2) is 76.8 Å². The zero-order chi connectivity index (χ0) is 21.9. The molecule has 3 rings (SSSR count). The van der Waals surface area contributed by atoms with Crippen molar-refractivity contribution >= 4 is 29.2 Å². The topological polar surface area (TPSA) is 35.5 Å². The van der Waals surface area contributed by atoms with E-state index in [1.54, 1.807) is 6.08 Å². The van der Waals surface area contributed by atoms with Gasteiger partial charge < -0.3 is 9.47 Å². The molecule has 1 aliphatic carbocycles. The number of rotatable bonds is 7. The van der Waals surface area contributed by atoms with E-state index in [1.807, 2.05) is 88.4 Å². The lowest BCUT2D eigenvalue weighted by Gasteiger charge is -2.17. The quantitative estimate of drug-likeness (QED) is 0.325. The molecule has 0 aromatic heterocycles. The summed E-state index contributed by atoms with van der Waals surface area (Å²) in [7, 11) is 0. The molecule has 1 saturated carbocycles. The Morgan fingerprint density at radius 1 is 1.03 bits per heavy atom. The molecule has 5 heteroatoms. The molecule has 3 nitrogen and oxygen atoms in total. The van der Waals surface area contributed by atoms with Crippen LogP contribution in [0.2, 0.25) is 0 Å². The highest BCUT2D eigenvalue weighted by atomic mass is 35.5. The van der Waals surface area contributed by atoms with E-state index in [1.165, 1.54) is 0 Å². The van der Waals surface area contributed by atoms with E-state index < -0.39 is 6.10 Å². The van der Waals surface area contributed by atoms with Crippen molar-refractivity contribution in [2.75, 3.05) is 0 Å². The number of carbonyl (C=O) groups is 1. The van der Waals surface area contributed by atoms with Crippen molar-refractivity contribution in [1.29, 1.82) is 0 Å². The molecular weight excluding hydrogens is 419 g/mol. The maximum Gasteiger partial charge on any atom is 0.311 e. The van der Waals surface area contributed by atoms with Gasteiger partial charge in [0.1, 0.15) is 22.1 Å². The van der Waals surface area contributed by atoms with Crippen molar-refractivity contribution in [3.05, 3.63) is 82.4 Å². The molecule has 1 aliphatic rings. The minimum Gasteiger partial charge on any atom is -0.457 e. The van der Waals surface area contributed by atoms with Crippen LogP contribution in [-0.4, -0.2) is 5.97 Å². The van der Waals surface area contributed by atoms with Crippen molar-refractivity contribution in [3.8, 4) is 11.5 Å². The Bertz CT molecular complexity index is 955. The van der Waals surface area contributed by atoms with E-state index in [-0.39, 0.29) is 27.7 Å². The van der Waals surface area contributed by atoms with Gasteiger partial charge in [0.25, 0.3) is 0 Å². The molecule has 0 aliphatic heterocycles. The summed E-state index contributed by atoms with van der Waals surface area (Å²) in [6.45, 7) is 7.98. The SMILES string of the molecule is CC(C)=CC(OC(=O)C1C(C=C(Cl)Cl)C1(C)C)c1cccc(Oc2ccccc2)c1. The van der Waals surface area contributed by atoms with Gasteiger partial charge in [0.15, 0.2) is 0 Å². The minimum atomic E-state index is -0.505. The van der Waals surface area contributed by atoms with Gasteiger partial charge in [-0.05, 0) is 61.6 Å². The van der Waals surface area contributed by atoms with Crippen molar-refractivity contribution in [2.24, 2.45) is 17.3 Å². The third-order valence-corrected chi connectivity index (χ3v) is 5.62. The summed E-state index contributed by atoms with van der Waals surface area (Å²) in [5.41, 5.74) is 1.66. The Kier molecular flexibility index (Phi) is 6.95. The van der Waals surface area contributed by atoms with Crippen LogP contribution < -0.4 is 4.74 Å². The largest absolute Gasteiger partial charge is 0.457 e. The lowest BCUT2D eigenvalue weighted by molar-refractivity contribution is -0.149. The number of benzene rings is 2. The van der Waals surface area contributed by atoms with E-state index in [2.05, 4.69) is 0 Å². The van der Waals surface area contributed by atoms with Crippen LogP contribution in [0.4, 0.5) is 0 Å². The Labute approximate surface area is 188 Å². The number of ether oxygens (including phenoxy) is 2. The lowest BCUT2D eigenvalue weighted by atomic mass is 10.1. The standard InChI is InChI=1S/C25H26Cl2O3/c1-16(2)13-21(30-24(28)23-20(15-22(26)27)25(23,3)4)17-9-8-12-19(14-17)29-18-10-6-5-7-11-18/h5-15,20-21,23H,1-4H3. The molecule has 3 unspecified atom stereocenters. The highest BCUT2D eigenvalue weighted by Crippen LogP contribution is 2.60.